The minimum atomic E-state index is -0.394. The molecule has 0 spiro atoms. The Kier molecular flexibility index (Phi) is 5.31. The molecule has 1 aromatic rings. The van der Waals surface area contributed by atoms with Crippen molar-refractivity contribution in [3.05, 3.63) is 29.6 Å². The number of nitrogens with two attached hydrogens (primary N) is 1. The van der Waals surface area contributed by atoms with Gasteiger partial charge >= 0.3 is 0 Å². The Morgan fingerprint density at radius 3 is 2.68 bits per heavy atom. The van der Waals surface area contributed by atoms with Crippen LogP contribution in [-0.4, -0.2) is 6.61 Å². The van der Waals surface area contributed by atoms with Crippen LogP contribution in [0.25, 0.3) is 0 Å². The van der Waals surface area contributed by atoms with Crippen molar-refractivity contribution in [1.29, 1.82) is 5.26 Å². The van der Waals surface area contributed by atoms with Crippen LogP contribution in [0, 0.1) is 22.6 Å². The molecule has 1 atom stereocenters. The zero-order valence-corrected chi connectivity index (χ0v) is 11.7. The fourth-order valence-corrected chi connectivity index (χ4v) is 1.67. The summed E-state index contributed by atoms with van der Waals surface area (Å²) in [5.41, 5.74) is 6.06. The third kappa shape index (κ3) is 4.88. The van der Waals surface area contributed by atoms with Crippen LogP contribution < -0.4 is 10.5 Å². The second-order valence-electron chi connectivity index (χ2n) is 5.43. The van der Waals surface area contributed by atoms with E-state index in [2.05, 4.69) is 6.07 Å². The number of hydrogen-bond donors (Lipinski definition) is 1. The predicted molar refractivity (Wildman–Crippen MR) is 73.1 cm³/mol. The lowest BCUT2D eigenvalue weighted by Gasteiger charge is -2.15. The number of ether oxygens (including phenoxy) is 1. The highest BCUT2D eigenvalue weighted by atomic mass is 19.1. The van der Waals surface area contributed by atoms with Crippen molar-refractivity contribution >= 4 is 0 Å². The molecule has 3 nitrogen and oxygen atoms in total. The van der Waals surface area contributed by atoms with Gasteiger partial charge in [-0.25, -0.2) is 4.39 Å². The van der Waals surface area contributed by atoms with Gasteiger partial charge in [-0.3, -0.25) is 0 Å². The van der Waals surface area contributed by atoms with Gasteiger partial charge in [0, 0.05) is 6.04 Å². The highest BCUT2D eigenvalue weighted by molar-refractivity contribution is 5.30. The zero-order chi connectivity index (χ0) is 14.5. The minimum Gasteiger partial charge on any atom is -0.491 e. The number of benzene rings is 1. The Morgan fingerprint density at radius 1 is 1.47 bits per heavy atom. The fraction of sp³-hybridized carbons (Fsp3) is 0.533. The molecule has 0 heterocycles. The maximum Gasteiger partial charge on any atom is 0.165 e. The van der Waals surface area contributed by atoms with Crippen LogP contribution in [0.3, 0.4) is 0 Å². The number of hydrogen-bond acceptors (Lipinski definition) is 3. The summed E-state index contributed by atoms with van der Waals surface area (Å²) in [5, 5.41) is 8.87. The number of nitrogens with zero attached hydrogens (tertiary/aromatic N) is 1. The molecule has 0 fully saturated rings. The summed E-state index contributed by atoms with van der Waals surface area (Å²) >= 11 is 0. The average molecular weight is 264 g/mol. The summed E-state index contributed by atoms with van der Waals surface area (Å²) < 4.78 is 19.1. The lowest BCUT2D eigenvalue weighted by atomic mass is 9.90. The molecule has 1 rings (SSSR count). The van der Waals surface area contributed by atoms with Crippen LogP contribution in [0.4, 0.5) is 4.39 Å². The molecule has 19 heavy (non-hydrogen) atoms. The van der Waals surface area contributed by atoms with Crippen LogP contribution in [0.1, 0.15) is 45.2 Å². The van der Waals surface area contributed by atoms with Crippen LogP contribution in [-0.2, 0) is 0 Å². The summed E-state index contributed by atoms with van der Waals surface area (Å²) in [6.07, 6.45) is 1.44. The smallest absolute Gasteiger partial charge is 0.165 e. The van der Waals surface area contributed by atoms with Crippen LogP contribution in [0.2, 0.25) is 0 Å². The summed E-state index contributed by atoms with van der Waals surface area (Å²) in [6.45, 7) is 5.97. The Hall–Kier alpha value is -1.60. The average Bonchev–Trinajstić information content (AvgIpc) is 2.36. The predicted octanol–water partition coefficient (Wildman–Crippen LogP) is 3.55. The molecule has 0 unspecified atom stereocenters. The van der Waals surface area contributed by atoms with Gasteiger partial charge in [-0.1, -0.05) is 6.07 Å². The van der Waals surface area contributed by atoms with Crippen LogP contribution in [0.5, 0.6) is 5.75 Å². The molecule has 1 aromatic carbocycles. The molecule has 0 aromatic heterocycles. The van der Waals surface area contributed by atoms with Crippen molar-refractivity contribution in [2.75, 3.05) is 6.61 Å². The second kappa shape index (κ2) is 6.53. The van der Waals surface area contributed by atoms with Crippen molar-refractivity contribution in [3.8, 4) is 11.8 Å². The lowest BCUT2D eigenvalue weighted by Crippen LogP contribution is -2.10. The maximum atomic E-state index is 13.7. The monoisotopic (exact) mass is 264 g/mol. The molecule has 0 saturated carbocycles. The van der Waals surface area contributed by atoms with Crippen LogP contribution >= 0.6 is 0 Å². The van der Waals surface area contributed by atoms with E-state index < -0.39 is 5.82 Å². The van der Waals surface area contributed by atoms with Gasteiger partial charge < -0.3 is 10.5 Å². The Labute approximate surface area is 114 Å². The van der Waals surface area contributed by atoms with Crippen molar-refractivity contribution in [1.82, 2.24) is 0 Å². The molecule has 0 amide bonds. The Morgan fingerprint density at radius 2 is 2.16 bits per heavy atom. The van der Waals surface area contributed by atoms with Gasteiger partial charge in [-0.2, -0.15) is 5.26 Å². The standard InChI is InChI=1S/C15H21FN2O/c1-11(18)12-5-6-14(13(16)9-12)19-8-4-7-15(2,3)10-17/h5-6,9,11H,4,7-8,18H2,1-3H3/t11-/m0/s1. The molecule has 0 saturated heterocycles. The van der Waals surface area contributed by atoms with Gasteiger partial charge in [-0.15, -0.1) is 0 Å². The minimum absolute atomic E-state index is 0.194. The maximum absolute atomic E-state index is 13.7. The van der Waals surface area contributed by atoms with Gasteiger partial charge in [-0.05, 0) is 51.3 Å². The van der Waals surface area contributed by atoms with E-state index in [0.717, 1.165) is 18.4 Å². The second-order valence-corrected chi connectivity index (χ2v) is 5.43. The number of halogens is 1. The SMILES string of the molecule is C[C@H](N)c1ccc(OCCCC(C)(C)C#N)c(F)c1. The van der Waals surface area contributed by atoms with E-state index in [1.807, 2.05) is 13.8 Å². The van der Waals surface area contributed by atoms with Gasteiger partial charge in [0.15, 0.2) is 11.6 Å². The quantitative estimate of drug-likeness (QED) is 0.799. The molecular formula is C15H21FN2O. The highest BCUT2D eigenvalue weighted by Crippen LogP contribution is 2.23. The first kappa shape index (κ1) is 15.5. The van der Waals surface area contributed by atoms with E-state index in [0.29, 0.717) is 6.61 Å². The first-order valence-corrected chi connectivity index (χ1v) is 6.45. The van der Waals surface area contributed by atoms with Gasteiger partial charge in [0.05, 0.1) is 18.1 Å². The zero-order valence-electron chi connectivity index (χ0n) is 11.7. The Bertz CT molecular complexity index is 464. The van der Waals surface area contributed by atoms with Crippen molar-refractivity contribution in [2.24, 2.45) is 11.1 Å². The lowest BCUT2D eigenvalue weighted by molar-refractivity contribution is 0.273. The van der Waals surface area contributed by atoms with Crippen molar-refractivity contribution in [3.63, 3.8) is 0 Å². The van der Waals surface area contributed by atoms with Crippen molar-refractivity contribution in [2.45, 2.75) is 39.7 Å². The number of rotatable bonds is 6. The van der Waals surface area contributed by atoms with Gasteiger partial charge in [0.2, 0.25) is 0 Å². The summed E-state index contributed by atoms with van der Waals surface area (Å²) in [6, 6.07) is 6.80. The molecule has 0 aliphatic rings. The molecule has 2 N–H and O–H groups in total. The van der Waals surface area contributed by atoms with E-state index in [9.17, 15) is 4.39 Å². The first-order chi connectivity index (χ1) is 8.85. The van der Waals surface area contributed by atoms with Crippen LogP contribution in [0.15, 0.2) is 18.2 Å². The molecule has 0 aliphatic carbocycles. The van der Waals surface area contributed by atoms with E-state index in [1.54, 1.807) is 19.1 Å². The van der Waals surface area contributed by atoms with E-state index >= 15 is 0 Å². The van der Waals surface area contributed by atoms with Gasteiger partial charge in [0.25, 0.3) is 0 Å². The molecule has 0 radical (unpaired) electrons. The largest absolute Gasteiger partial charge is 0.491 e. The molecule has 0 aliphatic heterocycles. The molecule has 104 valence electrons. The summed E-state index contributed by atoms with van der Waals surface area (Å²) in [5.74, 6) is -0.159. The van der Waals surface area contributed by atoms with E-state index in [1.165, 1.54) is 6.07 Å². The topological polar surface area (TPSA) is 59.0 Å². The summed E-state index contributed by atoms with van der Waals surface area (Å²) in [4.78, 5) is 0. The Balaban J connectivity index is 2.49. The van der Waals surface area contributed by atoms with E-state index in [4.69, 9.17) is 15.7 Å². The van der Waals surface area contributed by atoms with E-state index in [-0.39, 0.29) is 17.2 Å². The normalized spacial score (nSPS) is 12.8. The first-order valence-electron chi connectivity index (χ1n) is 6.45. The molecule has 0 bridgehead atoms. The highest BCUT2D eigenvalue weighted by Gasteiger charge is 2.16. The number of nitriles is 1. The molecule has 4 heteroatoms. The third-order valence-corrected chi connectivity index (χ3v) is 2.99. The molecular weight excluding hydrogens is 243 g/mol. The fourth-order valence-electron chi connectivity index (χ4n) is 1.67. The third-order valence-electron chi connectivity index (χ3n) is 2.99. The van der Waals surface area contributed by atoms with Gasteiger partial charge in [0.1, 0.15) is 0 Å². The summed E-state index contributed by atoms with van der Waals surface area (Å²) in [7, 11) is 0. The van der Waals surface area contributed by atoms with Crippen molar-refractivity contribution < 1.29 is 9.13 Å².